The molecule has 0 aliphatic heterocycles. The summed E-state index contributed by atoms with van der Waals surface area (Å²) in [5, 5.41) is 10.5. The molecule has 0 aromatic heterocycles. The van der Waals surface area contributed by atoms with Crippen LogP contribution in [0.5, 0.6) is 0 Å². The summed E-state index contributed by atoms with van der Waals surface area (Å²) in [5.41, 5.74) is 0. The predicted molar refractivity (Wildman–Crippen MR) is 303 cm³/mol. The topological polar surface area (TPSA) is 237 Å². The number of ether oxygens (including phenoxy) is 4. The Morgan fingerprint density at radius 2 is 0.662 bits per heavy atom. The molecule has 77 heavy (non-hydrogen) atoms. The Balaban J connectivity index is 5.19. The van der Waals surface area contributed by atoms with Gasteiger partial charge in [-0.25, -0.2) is 9.13 Å². The van der Waals surface area contributed by atoms with Crippen molar-refractivity contribution in [1.82, 2.24) is 0 Å². The van der Waals surface area contributed by atoms with Gasteiger partial charge in [0.2, 0.25) is 0 Å². The standard InChI is InChI=1S/C58H112O17P2/c1-7-10-12-14-15-23-30-36-42-57(62)74-53(46-68-55(60)40-34-26-13-11-8-2)48-72-76(64,65)70-44-52(59)45-71-77(66,67)73-49-54(75-58(63)43-37-31-25-18-16-17-21-27-32-38-50(4)5)47-69-56(61)41-35-29-24-20-19-22-28-33-39-51(6)9-3/h50-54,59H,7-49H2,1-6H3,(H,64,65)(H,66,67)/t51?,52-,53+,54+/m0/s1. The van der Waals surface area contributed by atoms with Gasteiger partial charge in [-0.05, 0) is 37.5 Å². The molecule has 0 aliphatic rings. The van der Waals surface area contributed by atoms with Crippen LogP contribution in [-0.2, 0) is 65.4 Å². The summed E-state index contributed by atoms with van der Waals surface area (Å²) in [6.45, 7) is 9.31. The van der Waals surface area contributed by atoms with Crippen LogP contribution in [0.25, 0.3) is 0 Å². The van der Waals surface area contributed by atoms with Crippen LogP contribution in [-0.4, -0.2) is 96.7 Å². The van der Waals surface area contributed by atoms with E-state index >= 15 is 0 Å². The lowest BCUT2D eigenvalue weighted by atomic mass is 9.99. The summed E-state index contributed by atoms with van der Waals surface area (Å²) in [5.74, 6) is -0.642. The summed E-state index contributed by atoms with van der Waals surface area (Å²) in [7, 11) is -9.86. The van der Waals surface area contributed by atoms with Gasteiger partial charge in [0.05, 0.1) is 26.4 Å². The molecule has 0 heterocycles. The van der Waals surface area contributed by atoms with E-state index in [1.807, 2.05) is 0 Å². The lowest BCUT2D eigenvalue weighted by Crippen LogP contribution is -2.30. The summed E-state index contributed by atoms with van der Waals surface area (Å²) in [6, 6.07) is 0. The average molecular weight is 1140 g/mol. The Hall–Kier alpha value is -1.94. The maximum atomic E-state index is 12.9. The van der Waals surface area contributed by atoms with Gasteiger partial charge >= 0.3 is 39.5 Å². The second kappa shape index (κ2) is 51.0. The van der Waals surface area contributed by atoms with E-state index in [2.05, 4.69) is 41.5 Å². The maximum Gasteiger partial charge on any atom is 0.472 e. The van der Waals surface area contributed by atoms with Gasteiger partial charge in [-0.15, -0.1) is 0 Å². The van der Waals surface area contributed by atoms with Crippen molar-refractivity contribution < 1.29 is 80.2 Å². The van der Waals surface area contributed by atoms with Crippen LogP contribution >= 0.6 is 15.6 Å². The van der Waals surface area contributed by atoms with Crippen LogP contribution in [0.1, 0.15) is 279 Å². The number of hydrogen-bond acceptors (Lipinski definition) is 15. The first kappa shape index (κ1) is 75.1. The van der Waals surface area contributed by atoms with E-state index in [4.69, 9.17) is 37.0 Å². The number of hydrogen-bond donors (Lipinski definition) is 3. The molecule has 3 N–H and O–H groups in total. The molecule has 0 saturated heterocycles. The van der Waals surface area contributed by atoms with Crippen LogP contribution in [0.15, 0.2) is 0 Å². The fraction of sp³-hybridized carbons (Fsp3) is 0.931. The van der Waals surface area contributed by atoms with Gasteiger partial charge in [-0.3, -0.25) is 37.3 Å². The number of aliphatic hydroxyl groups excluding tert-OH is 1. The number of unbranched alkanes of at least 4 members (excludes halogenated alkanes) is 26. The van der Waals surface area contributed by atoms with E-state index in [9.17, 15) is 43.2 Å². The Bertz CT molecular complexity index is 1530. The van der Waals surface area contributed by atoms with Crippen molar-refractivity contribution in [3.05, 3.63) is 0 Å². The molecule has 3 unspecified atom stereocenters. The zero-order valence-corrected chi connectivity index (χ0v) is 51.0. The molecule has 0 amide bonds. The highest BCUT2D eigenvalue weighted by atomic mass is 31.2. The van der Waals surface area contributed by atoms with Crippen LogP contribution in [0, 0.1) is 11.8 Å². The number of aliphatic hydroxyl groups is 1. The minimum Gasteiger partial charge on any atom is -0.462 e. The molecule has 0 aromatic carbocycles. The Labute approximate surface area is 467 Å². The Morgan fingerprint density at radius 1 is 0.377 bits per heavy atom. The zero-order valence-electron chi connectivity index (χ0n) is 49.2. The number of carbonyl (C=O) groups excluding carboxylic acids is 4. The quantitative estimate of drug-likeness (QED) is 0.0222. The number of carbonyl (C=O) groups is 4. The smallest absolute Gasteiger partial charge is 0.462 e. The Morgan fingerprint density at radius 3 is 0.987 bits per heavy atom. The van der Waals surface area contributed by atoms with E-state index in [1.54, 1.807) is 0 Å². The fourth-order valence-electron chi connectivity index (χ4n) is 8.44. The largest absolute Gasteiger partial charge is 0.472 e. The van der Waals surface area contributed by atoms with Gasteiger partial charge < -0.3 is 33.8 Å². The summed E-state index contributed by atoms with van der Waals surface area (Å²) >= 11 is 0. The lowest BCUT2D eigenvalue weighted by molar-refractivity contribution is -0.161. The Kier molecular flexibility index (Phi) is 49.7. The molecule has 0 fully saturated rings. The van der Waals surface area contributed by atoms with E-state index in [1.165, 1.54) is 83.5 Å². The van der Waals surface area contributed by atoms with E-state index < -0.39 is 97.5 Å². The van der Waals surface area contributed by atoms with Crippen molar-refractivity contribution >= 4 is 39.5 Å². The van der Waals surface area contributed by atoms with Gasteiger partial charge in [-0.2, -0.15) is 0 Å². The molecule has 0 rings (SSSR count). The van der Waals surface area contributed by atoms with Gasteiger partial charge in [0, 0.05) is 25.7 Å². The minimum atomic E-state index is -4.94. The van der Waals surface area contributed by atoms with Gasteiger partial charge in [0.25, 0.3) is 0 Å². The molecular formula is C58H112O17P2. The van der Waals surface area contributed by atoms with Crippen molar-refractivity contribution in [3.8, 4) is 0 Å². The highest BCUT2D eigenvalue weighted by molar-refractivity contribution is 7.47. The molecule has 19 heteroatoms. The number of phosphoric ester groups is 2. The molecule has 0 radical (unpaired) electrons. The third-order valence-electron chi connectivity index (χ3n) is 13.6. The summed E-state index contributed by atoms with van der Waals surface area (Å²) < 4.78 is 67.5. The summed E-state index contributed by atoms with van der Waals surface area (Å²) in [4.78, 5) is 71.6. The van der Waals surface area contributed by atoms with Crippen LogP contribution < -0.4 is 0 Å². The van der Waals surface area contributed by atoms with Crippen molar-refractivity contribution in [3.63, 3.8) is 0 Å². The molecule has 0 saturated carbocycles. The van der Waals surface area contributed by atoms with Gasteiger partial charge in [0.1, 0.15) is 19.3 Å². The highest BCUT2D eigenvalue weighted by Gasteiger charge is 2.30. The van der Waals surface area contributed by atoms with Gasteiger partial charge in [0.15, 0.2) is 12.2 Å². The minimum absolute atomic E-state index is 0.103. The van der Waals surface area contributed by atoms with E-state index in [0.29, 0.717) is 25.7 Å². The van der Waals surface area contributed by atoms with E-state index in [0.717, 1.165) is 115 Å². The average Bonchev–Trinajstić information content (AvgIpc) is 3.39. The van der Waals surface area contributed by atoms with Crippen molar-refractivity contribution in [2.75, 3.05) is 39.6 Å². The van der Waals surface area contributed by atoms with Crippen molar-refractivity contribution in [1.29, 1.82) is 0 Å². The maximum absolute atomic E-state index is 12.9. The molecule has 6 atom stereocenters. The van der Waals surface area contributed by atoms with Gasteiger partial charge in [-0.1, -0.05) is 228 Å². The van der Waals surface area contributed by atoms with E-state index in [-0.39, 0.29) is 25.7 Å². The fourth-order valence-corrected chi connectivity index (χ4v) is 10.0. The first-order chi connectivity index (χ1) is 36.9. The molecule has 456 valence electrons. The first-order valence-corrected chi connectivity index (χ1v) is 33.5. The van der Waals surface area contributed by atoms with Crippen LogP contribution in [0.4, 0.5) is 0 Å². The predicted octanol–water partition coefficient (Wildman–Crippen LogP) is 15.3. The van der Waals surface area contributed by atoms with Crippen molar-refractivity contribution in [2.24, 2.45) is 11.8 Å². The van der Waals surface area contributed by atoms with Crippen LogP contribution in [0.3, 0.4) is 0 Å². The van der Waals surface area contributed by atoms with Crippen molar-refractivity contribution in [2.45, 2.75) is 297 Å². The SMILES string of the molecule is CCCCCCCCCCC(=O)O[C@H](COC(=O)CCCCCCC)COP(=O)(O)OC[C@H](O)COP(=O)(O)OC[C@@H](COC(=O)CCCCCCCCCCC(C)CC)OC(=O)CCCCCCCCCCCC(C)C. The molecule has 0 bridgehead atoms. The zero-order chi connectivity index (χ0) is 57.3. The monoisotopic (exact) mass is 1140 g/mol. The highest BCUT2D eigenvalue weighted by Crippen LogP contribution is 2.45. The molecular weight excluding hydrogens is 1030 g/mol. The van der Waals surface area contributed by atoms with Crippen LogP contribution in [0.2, 0.25) is 0 Å². The number of phosphoric acid groups is 2. The normalized spacial score (nSPS) is 14.8. The first-order valence-electron chi connectivity index (χ1n) is 30.5. The number of rotatable bonds is 57. The third-order valence-corrected chi connectivity index (χ3v) is 15.5. The number of esters is 4. The third kappa shape index (κ3) is 51.9. The second-order valence-corrected chi connectivity index (χ2v) is 24.7. The second-order valence-electron chi connectivity index (χ2n) is 21.7. The molecule has 0 spiro atoms. The summed E-state index contributed by atoms with van der Waals surface area (Å²) in [6.07, 6.45) is 31.1. The molecule has 17 nitrogen and oxygen atoms in total. The molecule has 0 aromatic rings. The molecule has 0 aliphatic carbocycles. The lowest BCUT2D eigenvalue weighted by Gasteiger charge is -2.21.